The van der Waals surface area contributed by atoms with Crippen LogP contribution in [0.4, 0.5) is 5.82 Å². The predicted octanol–water partition coefficient (Wildman–Crippen LogP) is 3.62. The van der Waals surface area contributed by atoms with Gasteiger partial charge in [-0.15, -0.1) is 0 Å². The Bertz CT molecular complexity index is 357. The molecule has 0 aliphatic heterocycles. The lowest BCUT2D eigenvalue weighted by molar-refractivity contribution is 0.564. The van der Waals surface area contributed by atoms with E-state index in [1.54, 1.807) is 0 Å². The lowest BCUT2D eigenvalue weighted by Crippen LogP contribution is -2.34. The molecule has 108 valence electrons. The molecule has 1 heterocycles. The minimum absolute atomic E-state index is 0.365. The summed E-state index contributed by atoms with van der Waals surface area (Å²) in [6.45, 7) is 15.3. The van der Waals surface area contributed by atoms with E-state index in [1.807, 2.05) is 6.20 Å². The molecule has 0 saturated heterocycles. The van der Waals surface area contributed by atoms with Crippen molar-refractivity contribution in [2.75, 3.05) is 18.0 Å². The zero-order chi connectivity index (χ0) is 14.4. The number of hydrogen-bond acceptors (Lipinski definition) is 3. The van der Waals surface area contributed by atoms with Crippen LogP contribution in [-0.4, -0.2) is 24.1 Å². The zero-order valence-electron chi connectivity index (χ0n) is 13.3. The molecule has 19 heavy (non-hydrogen) atoms. The van der Waals surface area contributed by atoms with Gasteiger partial charge in [0.05, 0.1) is 0 Å². The first-order valence-electron chi connectivity index (χ1n) is 7.41. The van der Waals surface area contributed by atoms with Crippen LogP contribution in [0, 0.1) is 5.92 Å². The van der Waals surface area contributed by atoms with Gasteiger partial charge in [0.2, 0.25) is 0 Å². The number of pyridine rings is 1. The zero-order valence-corrected chi connectivity index (χ0v) is 13.3. The van der Waals surface area contributed by atoms with Crippen molar-refractivity contribution in [2.24, 2.45) is 5.92 Å². The van der Waals surface area contributed by atoms with Crippen molar-refractivity contribution < 1.29 is 0 Å². The second-order valence-corrected chi connectivity index (χ2v) is 5.87. The van der Waals surface area contributed by atoms with Crippen LogP contribution in [0.15, 0.2) is 18.3 Å². The molecule has 0 bridgehead atoms. The van der Waals surface area contributed by atoms with Crippen LogP contribution in [0.5, 0.6) is 0 Å². The van der Waals surface area contributed by atoms with E-state index in [2.05, 4.69) is 68.9 Å². The smallest absolute Gasteiger partial charge is 0.128 e. The third-order valence-electron chi connectivity index (χ3n) is 3.26. The van der Waals surface area contributed by atoms with E-state index in [1.165, 1.54) is 5.56 Å². The Morgan fingerprint density at radius 2 is 1.84 bits per heavy atom. The minimum atomic E-state index is 0.365. The summed E-state index contributed by atoms with van der Waals surface area (Å²) in [6, 6.07) is 5.17. The highest BCUT2D eigenvalue weighted by Gasteiger charge is 2.14. The normalized spacial score (nSPS) is 13.1. The molecule has 1 atom stereocenters. The number of hydrogen-bond donors (Lipinski definition) is 1. The fourth-order valence-corrected chi connectivity index (χ4v) is 2.21. The summed E-state index contributed by atoms with van der Waals surface area (Å²) in [4.78, 5) is 7.01. The van der Waals surface area contributed by atoms with Crippen molar-refractivity contribution >= 4 is 5.82 Å². The molecule has 0 amide bonds. The first kappa shape index (κ1) is 16.0. The van der Waals surface area contributed by atoms with E-state index in [0.29, 0.717) is 18.0 Å². The summed E-state index contributed by atoms with van der Waals surface area (Å²) in [6.07, 6.45) is 2.00. The molecule has 0 aromatic carbocycles. The summed E-state index contributed by atoms with van der Waals surface area (Å²) in [5.41, 5.74) is 1.25. The van der Waals surface area contributed by atoms with Gasteiger partial charge in [0, 0.05) is 24.8 Å². The first-order valence-corrected chi connectivity index (χ1v) is 7.41. The lowest BCUT2D eigenvalue weighted by Gasteiger charge is -2.29. The number of aromatic nitrogens is 1. The van der Waals surface area contributed by atoms with Crippen LogP contribution in [0.1, 0.15) is 53.1 Å². The van der Waals surface area contributed by atoms with E-state index in [4.69, 9.17) is 0 Å². The summed E-state index contributed by atoms with van der Waals surface area (Å²) in [5, 5.41) is 3.41. The Labute approximate surface area is 118 Å². The third-order valence-corrected chi connectivity index (χ3v) is 3.26. The third kappa shape index (κ3) is 4.83. The molecule has 0 spiro atoms. The van der Waals surface area contributed by atoms with Crippen molar-refractivity contribution in [1.82, 2.24) is 10.3 Å². The SMILES string of the molecule is CCNC(C)c1ccc(N(CC(C)C)C(C)C)nc1. The maximum atomic E-state index is 4.64. The van der Waals surface area contributed by atoms with E-state index >= 15 is 0 Å². The van der Waals surface area contributed by atoms with Gasteiger partial charge in [0.25, 0.3) is 0 Å². The molecule has 1 rings (SSSR count). The molecule has 1 unspecified atom stereocenters. The molecule has 0 saturated carbocycles. The summed E-state index contributed by atoms with van der Waals surface area (Å²) < 4.78 is 0. The average molecular weight is 263 g/mol. The maximum Gasteiger partial charge on any atom is 0.128 e. The Morgan fingerprint density at radius 1 is 1.16 bits per heavy atom. The number of anilines is 1. The molecule has 0 fully saturated rings. The molecule has 0 aliphatic carbocycles. The fraction of sp³-hybridized carbons (Fsp3) is 0.688. The molecule has 3 heteroatoms. The van der Waals surface area contributed by atoms with Gasteiger partial charge in [-0.1, -0.05) is 26.8 Å². The molecular formula is C16H29N3. The van der Waals surface area contributed by atoms with Crippen molar-refractivity contribution in [3.63, 3.8) is 0 Å². The van der Waals surface area contributed by atoms with Gasteiger partial charge in [0.1, 0.15) is 5.82 Å². The average Bonchev–Trinajstić information content (AvgIpc) is 2.36. The largest absolute Gasteiger partial charge is 0.354 e. The summed E-state index contributed by atoms with van der Waals surface area (Å²) in [5.74, 6) is 1.72. The molecule has 0 aliphatic rings. The Hall–Kier alpha value is -1.09. The van der Waals surface area contributed by atoms with Gasteiger partial charge in [-0.25, -0.2) is 4.98 Å². The van der Waals surface area contributed by atoms with Gasteiger partial charge in [0.15, 0.2) is 0 Å². The Balaban J connectivity index is 2.83. The van der Waals surface area contributed by atoms with Gasteiger partial charge < -0.3 is 10.2 Å². The molecule has 1 N–H and O–H groups in total. The second kappa shape index (κ2) is 7.49. The van der Waals surface area contributed by atoms with Crippen LogP contribution >= 0.6 is 0 Å². The number of rotatable bonds is 7. The Kier molecular flexibility index (Phi) is 6.29. The van der Waals surface area contributed by atoms with Crippen LogP contribution < -0.4 is 10.2 Å². The number of nitrogens with one attached hydrogen (secondary N) is 1. The van der Waals surface area contributed by atoms with Crippen LogP contribution in [0.25, 0.3) is 0 Å². The standard InChI is InChI=1S/C16H29N3/c1-7-17-14(6)15-8-9-16(18-10-15)19(13(4)5)11-12(2)3/h8-10,12-14,17H,7,11H2,1-6H3. The molecule has 1 aromatic rings. The van der Waals surface area contributed by atoms with E-state index < -0.39 is 0 Å². The van der Waals surface area contributed by atoms with Gasteiger partial charge in [-0.3, -0.25) is 0 Å². The molecule has 3 nitrogen and oxygen atoms in total. The Morgan fingerprint density at radius 3 is 2.26 bits per heavy atom. The predicted molar refractivity (Wildman–Crippen MR) is 83.6 cm³/mol. The highest BCUT2D eigenvalue weighted by Crippen LogP contribution is 2.19. The quantitative estimate of drug-likeness (QED) is 0.814. The monoisotopic (exact) mass is 263 g/mol. The minimum Gasteiger partial charge on any atom is -0.354 e. The van der Waals surface area contributed by atoms with Gasteiger partial charge in [-0.2, -0.15) is 0 Å². The topological polar surface area (TPSA) is 28.2 Å². The molecular weight excluding hydrogens is 234 g/mol. The van der Waals surface area contributed by atoms with Crippen molar-refractivity contribution in [3.05, 3.63) is 23.9 Å². The summed E-state index contributed by atoms with van der Waals surface area (Å²) >= 11 is 0. The van der Waals surface area contributed by atoms with Crippen molar-refractivity contribution in [3.8, 4) is 0 Å². The van der Waals surface area contributed by atoms with Gasteiger partial charge >= 0.3 is 0 Å². The van der Waals surface area contributed by atoms with Crippen molar-refractivity contribution in [2.45, 2.75) is 53.6 Å². The molecule has 1 aromatic heterocycles. The van der Waals surface area contributed by atoms with E-state index in [9.17, 15) is 0 Å². The first-order chi connectivity index (χ1) is 8.95. The van der Waals surface area contributed by atoms with Crippen LogP contribution in [-0.2, 0) is 0 Å². The van der Waals surface area contributed by atoms with E-state index in [0.717, 1.165) is 18.9 Å². The van der Waals surface area contributed by atoms with Crippen LogP contribution in [0.2, 0.25) is 0 Å². The second-order valence-electron chi connectivity index (χ2n) is 5.87. The molecule has 0 radical (unpaired) electrons. The van der Waals surface area contributed by atoms with E-state index in [-0.39, 0.29) is 0 Å². The lowest BCUT2D eigenvalue weighted by atomic mass is 10.1. The van der Waals surface area contributed by atoms with Crippen LogP contribution in [0.3, 0.4) is 0 Å². The maximum absolute atomic E-state index is 4.64. The highest BCUT2D eigenvalue weighted by atomic mass is 15.2. The summed E-state index contributed by atoms with van der Waals surface area (Å²) in [7, 11) is 0. The number of nitrogens with zero attached hydrogens (tertiary/aromatic N) is 2. The fourth-order valence-electron chi connectivity index (χ4n) is 2.21. The highest BCUT2D eigenvalue weighted by molar-refractivity contribution is 5.40. The van der Waals surface area contributed by atoms with Crippen molar-refractivity contribution in [1.29, 1.82) is 0 Å². The van der Waals surface area contributed by atoms with Gasteiger partial charge in [-0.05, 0) is 44.9 Å².